The van der Waals surface area contributed by atoms with Crippen LogP contribution in [0.25, 0.3) is 0 Å². The number of nitrogens with zero attached hydrogens (tertiary/aromatic N) is 1. The molecular formula is C22H25N3O3+2. The van der Waals surface area contributed by atoms with E-state index >= 15 is 0 Å². The van der Waals surface area contributed by atoms with Crippen LogP contribution in [-0.4, -0.2) is 56.2 Å². The molecule has 0 atom stereocenters. The SMILES string of the molecule is O=C1c2ccccc2C(=O)N1C[NH+]1CC[NH+](Cc2ccc3c(c2)CCO3)CC1. The van der Waals surface area contributed by atoms with Gasteiger partial charge in [0.15, 0.2) is 6.67 Å². The summed E-state index contributed by atoms with van der Waals surface area (Å²) >= 11 is 0. The molecule has 0 aromatic heterocycles. The minimum Gasteiger partial charge on any atom is -0.493 e. The molecule has 144 valence electrons. The number of ether oxygens (including phenoxy) is 1. The minimum atomic E-state index is -0.150. The van der Waals surface area contributed by atoms with Crippen molar-refractivity contribution in [1.82, 2.24) is 4.90 Å². The van der Waals surface area contributed by atoms with E-state index < -0.39 is 0 Å². The Bertz CT molecular complexity index is 899. The highest BCUT2D eigenvalue weighted by atomic mass is 16.5. The second kappa shape index (κ2) is 7.04. The normalized spacial score (nSPS) is 23.5. The minimum absolute atomic E-state index is 0.150. The molecular weight excluding hydrogens is 354 g/mol. The standard InChI is InChI=1S/C22H23N3O3/c26-21-18-3-1-2-4-19(18)22(27)25(21)15-24-10-8-23(9-11-24)14-16-5-6-20-17(13-16)7-12-28-20/h1-6,13H,7-12,14-15H2/p+2. The average molecular weight is 379 g/mol. The first-order chi connectivity index (χ1) is 13.7. The first kappa shape index (κ1) is 17.4. The molecule has 0 spiro atoms. The van der Waals surface area contributed by atoms with Gasteiger partial charge in [-0.1, -0.05) is 12.1 Å². The largest absolute Gasteiger partial charge is 0.493 e. The van der Waals surface area contributed by atoms with E-state index in [9.17, 15) is 9.59 Å². The Morgan fingerprint density at radius 1 is 0.893 bits per heavy atom. The zero-order chi connectivity index (χ0) is 19.1. The summed E-state index contributed by atoms with van der Waals surface area (Å²) in [6.07, 6.45) is 1.01. The van der Waals surface area contributed by atoms with E-state index in [2.05, 4.69) is 18.2 Å². The summed E-state index contributed by atoms with van der Waals surface area (Å²) in [7, 11) is 0. The van der Waals surface area contributed by atoms with Crippen molar-refractivity contribution in [3.8, 4) is 5.75 Å². The molecule has 6 nitrogen and oxygen atoms in total. The molecule has 3 heterocycles. The third kappa shape index (κ3) is 3.08. The molecule has 6 heteroatoms. The van der Waals surface area contributed by atoms with Gasteiger partial charge in [-0.15, -0.1) is 0 Å². The van der Waals surface area contributed by atoms with E-state index in [1.54, 1.807) is 17.0 Å². The maximum absolute atomic E-state index is 12.6. The van der Waals surface area contributed by atoms with Crippen molar-refractivity contribution < 1.29 is 24.1 Å². The molecule has 0 unspecified atom stereocenters. The number of rotatable bonds is 4. The Morgan fingerprint density at radius 2 is 1.57 bits per heavy atom. The number of carbonyl (C=O) groups is 2. The van der Waals surface area contributed by atoms with Gasteiger partial charge in [0, 0.05) is 12.0 Å². The molecule has 2 N–H and O–H groups in total. The Morgan fingerprint density at radius 3 is 2.29 bits per heavy atom. The molecule has 2 aromatic rings. The second-order valence-corrected chi connectivity index (χ2v) is 7.96. The first-order valence-corrected chi connectivity index (χ1v) is 10.1. The molecule has 2 amide bonds. The van der Waals surface area contributed by atoms with Crippen molar-refractivity contribution >= 4 is 11.8 Å². The maximum Gasteiger partial charge on any atom is 0.265 e. The summed E-state index contributed by atoms with van der Waals surface area (Å²) in [4.78, 5) is 29.4. The molecule has 0 bridgehead atoms. The maximum atomic E-state index is 12.6. The van der Waals surface area contributed by atoms with E-state index in [0.717, 1.165) is 51.5 Å². The third-order valence-corrected chi connectivity index (χ3v) is 6.13. The van der Waals surface area contributed by atoms with Crippen molar-refractivity contribution in [2.45, 2.75) is 13.0 Å². The predicted octanol–water partition coefficient (Wildman–Crippen LogP) is -0.841. The Kier molecular flexibility index (Phi) is 4.37. The smallest absolute Gasteiger partial charge is 0.265 e. The summed E-state index contributed by atoms with van der Waals surface area (Å²) in [6, 6.07) is 13.7. The lowest BCUT2D eigenvalue weighted by Crippen LogP contribution is -3.28. The Labute approximate surface area is 164 Å². The van der Waals surface area contributed by atoms with Gasteiger partial charge < -0.3 is 14.5 Å². The molecule has 0 aliphatic carbocycles. The molecule has 5 rings (SSSR count). The highest BCUT2D eigenvalue weighted by Gasteiger charge is 2.38. The van der Waals surface area contributed by atoms with Gasteiger partial charge in [0.05, 0.1) is 17.7 Å². The lowest BCUT2D eigenvalue weighted by molar-refractivity contribution is -1.02. The summed E-state index contributed by atoms with van der Waals surface area (Å²) in [5, 5.41) is 0. The van der Waals surface area contributed by atoms with Crippen LogP contribution in [-0.2, 0) is 13.0 Å². The molecule has 1 saturated heterocycles. The van der Waals surface area contributed by atoms with Gasteiger partial charge >= 0.3 is 0 Å². The molecule has 1 fully saturated rings. The monoisotopic (exact) mass is 379 g/mol. The fourth-order valence-corrected chi connectivity index (χ4v) is 4.54. The number of quaternary nitrogens is 2. The molecule has 28 heavy (non-hydrogen) atoms. The fraction of sp³-hybridized carbons (Fsp3) is 0.364. The van der Waals surface area contributed by atoms with Gasteiger partial charge in [0.25, 0.3) is 11.8 Å². The number of nitrogens with one attached hydrogen (secondary N) is 2. The zero-order valence-electron chi connectivity index (χ0n) is 15.9. The number of imide groups is 1. The number of piperazine rings is 1. The van der Waals surface area contributed by atoms with Gasteiger partial charge in [-0.3, -0.25) is 9.59 Å². The number of hydrogen-bond donors (Lipinski definition) is 2. The predicted molar refractivity (Wildman–Crippen MR) is 103 cm³/mol. The number of fused-ring (bicyclic) bond motifs is 2. The van der Waals surface area contributed by atoms with Gasteiger partial charge in [0.1, 0.15) is 38.5 Å². The van der Waals surface area contributed by atoms with Crippen molar-refractivity contribution in [2.24, 2.45) is 0 Å². The lowest BCUT2D eigenvalue weighted by atomic mass is 10.1. The van der Waals surface area contributed by atoms with Crippen LogP contribution in [0.1, 0.15) is 31.8 Å². The van der Waals surface area contributed by atoms with Crippen LogP contribution in [0.5, 0.6) is 5.75 Å². The molecule has 0 saturated carbocycles. The summed E-state index contributed by atoms with van der Waals surface area (Å²) < 4.78 is 5.59. The average Bonchev–Trinajstić information content (AvgIpc) is 3.28. The molecule has 3 aliphatic rings. The van der Waals surface area contributed by atoms with Gasteiger partial charge in [-0.25, -0.2) is 4.90 Å². The second-order valence-electron chi connectivity index (χ2n) is 7.96. The zero-order valence-corrected chi connectivity index (χ0v) is 15.9. The summed E-state index contributed by atoms with van der Waals surface area (Å²) in [5.41, 5.74) is 3.77. The third-order valence-electron chi connectivity index (χ3n) is 6.13. The van der Waals surface area contributed by atoms with E-state index in [0.29, 0.717) is 17.8 Å². The topological polar surface area (TPSA) is 55.5 Å². The van der Waals surface area contributed by atoms with E-state index in [4.69, 9.17) is 4.74 Å². The van der Waals surface area contributed by atoms with E-state index in [1.165, 1.54) is 20.9 Å². The first-order valence-electron chi connectivity index (χ1n) is 10.1. The van der Waals surface area contributed by atoms with E-state index in [-0.39, 0.29) is 11.8 Å². The van der Waals surface area contributed by atoms with Gasteiger partial charge in [0.2, 0.25) is 0 Å². The van der Waals surface area contributed by atoms with E-state index in [1.807, 2.05) is 12.1 Å². The van der Waals surface area contributed by atoms with Crippen molar-refractivity contribution in [2.75, 3.05) is 39.5 Å². The van der Waals surface area contributed by atoms with Crippen LogP contribution in [0.15, 0.2) is 42.5 Å². The highest BCUT2D eigenvalue weighted by molar-refractivity contribution is 6.21. The Hall–Kier alpha value is -2.70. The summed E-state index contributed by atoms with van der Waals surface area (Å²) in [6.45, 7) is 6.32. The van der Waals surface area contributed by atoms with Crippen LogP contribution in [0.2, 0.25) is 0 Å². The molecule has 0 radical (unpaired) electrons. The van der Waals surface area contributed by atoms with Crippen molar-refractivity contribution in [3.05, 3.63) is 64.7 Å². The van der Waals surface area contributed by atoms with Crippen molar-refractivity contribution in [1.29, 1.82) is 0 Å². The van der Waals surface area contributed by atoms with Crippen LogP contribution in [0.3, 0.4) is 0 Å². The highest BCUT2D eigenvalue weighted by Crippen LogP contribution is 2.25. The van der Waals surface area contributed by atoms with Gasteiger partial charge in [-0.2, -0.15) is 0 Å². The van der Waals surface area contributed by atoms with Crippen molar-refractivity contribution in [3.63, 3.8) is 0 Å². The number of benzene rings is 2. The van der Waals surface area contributed by atoms with Crippen LogP contribution >= 0.6 is 0 Å². The van der Waals surface area contributed by atoms with Gasteiger partial charge in [-0.05, 0) is 35.9 Å². The Balaban J connectivity index is 1.17. The quantitative estimate of drug-likeness (QED) is 0.681. The number of amides is 2. The molecule has 3 aliphatic heterocycles. The van der Waals surface area contributed by atoms with Crippen LogP contribution < -0.4 is 14.5 Å². The molecule has 2 aromatic carbocycles. The number of hydrogen-bond acceptors (Lipinski definition) is 3. The van der Waals surface area contributed by atoms with Crippen LogP contribution in [0, 0.1) is 0 Å². The summed E-state index contributed by atoms with van der Waals surface area (Å²) in [5.74, 6) is 0.737. The number of carbonyl (C=O) groups excluding carboxylic acids is 2. The van der Waals surface area contributed by atoms with Crippen LogP contribution in [0.4, 0.5) is 0 Å². The lowest BCUT2D eigenvalue weighted by Gasteiger charge is -2.31. The fourth-order valence-electron chi connectivity index (χ4n) is 4.54.